The van der Waals surface area contributed by atoms with Gasteiger partial charge in [-0.15, -0.1) is 0 Å². The average Bonchev–Trinajstić information content (AvgIpc) is 3.04. The van der Waals surface area contributed by atoms with Gasteiger partial charge in [-0.25, -0.2) is 5.26 Å². The van der Waals surface area contributed by atoms with E-state index < -0.39 is 11.7 Å². The summed E-state index contributed by atoms with van der Waals surface area (Å²) in [6, 6.07) is 4.87. The van der Waals surface area contributed by atoms with Gasteiger partial charge in [-0.1, -0.05) is 29.9 Å². The lowest BCUT2D eigenvalue weighted by Gasteiger charge is -2.19. The molecule has 1 saturated heterocycles. The normalized spacial score (nSPS) is 16.3. The van der Waals surface area contributed by atoms with Gasteiger partial charge in [0.2, 0.25) is 11.7 Å². The van der Waals surface area contributed by atoms with Crippen LogP contribution in [0.4, 0.5) is 13.2 Å². The van der Waals surface area contributed by atoms with E-state index in [0.29, 0.717) is 5.89 Å². The molecule has 3 rings (SSSR count). The zero-order valence-electron chi connectivity index (χ0n) is 12.2. The van der Waals surface area contributed by atoms with Crippen molar-refractivity contribution < 1.29 is 17.7 Å². The van der Waals surface area contributed by atoms with Crippen molar-refractivity contribution in [3.63, 3.8) is 0 Å². The van der Waals surface area contributed by atoms with Crippen molar-refractivity contribution in [2.45, 2.75) is 37.6 Å². The maximum atomic E-state index is 12.8. The molecule has 0 N–H and O–H groups in total. The highest BCUT2D eigenvalue weighted by Crippen LogP contribution is 2.34. The van der Waals surface area contributed by atoms with Crippen LogP contribution in [-0.4, -0.2) is 16.9 Å². The lowest BCUT2D eigenvalue weighted by atomic mass is 9.42. The third-order valence-electron chi connectivity index (χ3n) is 4.15. The van der Waals surface area contributed by atoms with E-state index in [-0.39, 0.29) is 24.0 Å². The molecule has 0 atom stereocenters. The standard InChI is InChI=1S/C15H13BF3N3O/c17-15(18,19)12-3-1-2-11(8-12)13-21-14(23-22-13)10-4-6-16(9-20)7-5-10/h1-3,8,10H,4-7H2. The Balaban J connectivity index is 1.79. The molecule has 8 heteroatoms. The number of aromatic nitrogens is 2. The average molecular weight is 319 g/mol. The molecule has 23 heavy (non-hydrogen) atoms. The summed E-state index contributed by atoms with van der Waals surface area (Å²) in [6.45, 7) is 0.0668. The molecular weight excluding hydrogens is 306 g/mol. The first kappa shape index (κ1) is 15.6. The molecule has 0 radical (unpaired) electrons. The number of halogens is 3. The van der Waals surface area contributed by atoms with Gasteiger partial charge in [0.05, 0.1) is 5.56 Å². The molecule has 2 aromatic rings. The van der Waals surface area contributed by atoms with Crippen LogP contribution in [0.5, 0.6) is 0 Å². The summed E-state index contributed by atoms with van der Waals surface area (Å²) in [5.74, 6) is 2.93. The summed E-state index contributed by atoms with van der Waals surface area (Å²) in [5.41, 5.74) is -0.462. The predicted octanol–water partition coefficient (Wildman–Crippen LogP) is 4.19. The van der Waals surface area contributed by atoms with Gasteiger partial charge in [0.15, 0.2) is 0 Å². The molecule has 1 aromatic heterocycles. The minimum Gasteiger partial charge on any atom is -0.339 e. The number of nitrogens with zero attached hydrogens (tertiary/aromatic N) is 3. The van der Waals surface area contributed by atoms with E-state index in [1.165, 1.54) is 12.1 Å². The minimum atomic E-state index is -4.40. The Hall–Kier alpha value is -2.30. The quantitative estimate of drug-likeness (QED) is 0.779. The minimum absolute atomic E-state index is 0.0668. The summed E-state index contributed by atoms with van der Waals surface area (Å²) in [5, 5.41) is 12.7. The van der Waals surface area contributed by atoms with Crippen LogP contribution >= 0.6 is 0 Å². The van der Waals surface area contributed by atoms with Crippen molar-refractivity contribution in [2.24, 2.45) is 0 Å². The molecule has 2 heterocycles. The Kier molecular flexibility index (Phi) is 4.11. The monoisotopic (exact) mass is 319 g/mol. The third-order valence-corrected chi connectivity index (χ3v) is 4.15. The highest BCUT2D eigenvalue weighted by atomic mass is 19.4. The van der Waals surface area contributed by atoms with Crippen LogP contribution in [0.1, 0.15) is 30.2 Å². The van der Waals surface area contributed by atoms with Crippen molar-refractivity contribution in [2.75, 3.05) is 0 Å². The molecule has 4 nitrogen and oxygen atoms in total. The van der Waals surface area contributed by atoms with E-state index in [1.54, 1.807) is 0 Å². The van der Waals surface area contributed by atoms with Gasteiger partial charge in [0, 0.05) is 17.4 Å². The van der Waals surface area contributed by atoms with Crippen LogP contribution in [-0.2, 0) is 6.18 Å². The third kappa shape index (κ3) is 3.39. The number of nitriles is 1. The first-order chi connectivity index (χ1) is 11.0. The zero-order chi connectivity index (χ0) is 16.4. The lowest BCUT2D eigenvalue weighted by molar-refractivity contribution is -0.137. The van der Waals surface area contributed by atoms with Crippen LogP contribution in [0.3, 0.4) is 0 Å². The first-order valence-corrected chi connectivity index (χ1v) is 7.38. The summed E-state index contributed by atoms with van der Waals surface area (Å²) in [7, 11) is 0. The van der Waals surface area contributed by atoms with Gasteiger partial charge in [0.1, 0.15) is 0 Å². The molecule has 1 fully saturated rings. The predicted molar refractivity (Wildman–Crippen MR) is 77.7 cm³/mol. The molecule has 0 bridgehead atoms. The van der Waals surface area contributed by atoms with Gasteiger partial charge >= 0.3 is 6.18 Å². The van der Waals surface area contributed by atoms with Crippen LogP contribution in [0.2, 0.25) is 12.6 Å². The Labute approximate surface area is 131 Å². The molecule has 0 amide bonds. The van der Waals surface area contributed by atoms with E-state index in [0.717, 1.165) is 37.6 Å². The molecule has 0 unspecified atom stereocenters. The van der Waals surface area contributed by atoms with Crippen LogP contribution in [0.15, 0.2) is 28.8 Å². The second-order valence-electron chi connectivity index (χ2n) is 5.71. The molecule has 0 saturated carbocycles. The Bertz CT molecular complexity index is 730. The molecule has 1 aromatic carbocycles. The number of hydrogen-bond acceptors (Lipinski definition) is 4. The fraction of sp³-hybridized carbons (Fsp3) is 0.400. The van der Waals surface area contributed by atoms with Gasteiger partial charge in [-0.05, 0) is 25.0 Å². The van der Waals surface area contributed by atoms with Crippen LogP contribution < -0.4 is 0 Å². The highest BCUT2D eigenvalue weighted by molar-refractivity contribution is 6.67. The van der Waals surface area contributed by atoms with Crippen molar-refractivity contribution in [3.8, 4) is 17.4 Å². The number of benzene rings is 1. The Morgan fingerprint density at radius 2 is 2.00 bits per heavy atom. The summed E-state index contributed by atoms with van der Waals surface area (Å²) in [6.07, 6.45) is -1.28. The van der Waals surface area contributed by atoms with Gasteiger partial charge < -0.3 is 4.52 Å². The van der Waals surface area contributed by atoms with Crippen LogP contribution in [0.25, 0.3) is 11.4 Å². The molecule has 118 valence electrons. The Morgan fingerprint density at radius 3 is 2.65 bits per heavy atom. The lowest BCUT2D eigenvalue weighted by Crippen LogP contribution is -2.19. The largest absolute Gasteiger partial charge is 0.416 e. The number of alkyl halides is 3. The second-order valence-corrected chi connectivity index (χ2v) is 5.71. The van der Waals surface area contributed by atoms with Crippen molar-refractivity contribution in [1.29, 1.82) is 5.26 Å². The fourth-order valence-electron chi connectivity index (χ4n) is 2.82. The van der Waals surface area contributed by atoms with E-state index >= 15 is 0 Å². The molecule has 1 aliphatic heterocycles. The topological polar surface area (TPSA) is 62.7 Å². The van der Waals surface area contributed by atoms with Gasteiger partial charge in [0.25, 0.3) is 6.71 Å². The fourth-order valence-corrected chi connectivity index (χ4v) is 2.82. The molecular formula is C15H13BF3N3O. The highest BCUT2D eigenvalue weighted by Gasteiger charge is 2.31. The van der Waals surface area contributed by atoms with Crippen LogP contribution in [0, 0.1) is 11.2 Å². The second kappa shape index (κ2) is 6.07. The Morgan fingerprint density at radius 1 is 1.26 bits per heavy atom. The number of hydrogen-bond donors (Lipinski definition) is 0. The van der Waals surface area contributed by atoms with Crippen molar-refractivity contribution >= 4 is 6.71 Å². The van der Waals surface area contributed by atoms with E-state index in [1.807, 2.05) is 0 Å². The van der Waals surface area contributed by atoms with Gasteiger partial charge in [-0.2, -0.15) is 18.2 Å². The molecule has 1 aliphatic rings. The summed E-state index contributed by atoms with van der Waals surface area (Å²) >= 11 is 0. The SMILES string of the molecule is N#CB1CCC(c2nc(-c3cccc(C(F)(F)F)c3)no2)CC1. The van der Waals surface area contributed by atoms with E-state index in [2.05, 4.69) is 16.1 Å². The van der Waals surface area contributed by atoms with E-state index in [4.69, 9.17) is 9.78 Å². The molecule has 0 aliphatic carbocycles. The zero-order valence-corrected chi connectivity index (χ0v) is 12.2. The van der Waals surface area contributed by atoms with Crippen molar-refractivity contribution in [3.05, 3.63) is 35.7 Å². The van der Waals surface area contributed by atoms with E-state index in [9.17, 15) is 13.2 Å². The smallest absolute Gasteiger partial charge is 0.339 e. The van der Waals surface area contributed by atoms with Gasteiger partial charge in [-0.3, -0.25) is 0 Å². The maximum absolute atomic E-state index is 12.8. The maximum Gasteiger partial charge on any atom is 0.416 e. The summed E-state index contributed by atoms with van der Waals surface area (Å²) < 4.78 is 43.5. The number of rotatable bonds is 2. The molecule has 0 spiro atoms. The first-order valence-electron chi connectivity index (χ1n) is 7.38. The summed E-state index contributed by atoms with van der Waals surface area (Å²) in [4.78, 5) is 4.25. The van der Waals surface area contributed by atoms with Crippen molar-refractivity contribution in [1.82, 2.24) is 10.1 Å².